The summed E-state index contributed by atoms with van der Waals surface area (Å²) in [5.74, 6) is 0. The van der Waals surface area contributed by atoms with Crippen LogP contribution in [0, 0.1) is 0 Å². The quantitative estimate of drug-likeness (QED) is 0.237. The second kappa shape index (κ2) is 18.7. The molecule has 0 aromatic heterocycles. The van der Waals surface area contributed by atoms with E-state index >= 15 is 0 Å². The Balaban J connectivity index is 3.85. The number of unbranched alkanes of at least 4 members (excludes halogenated alkanes) is 2. The molecule has 0 bridgehead atoms. The first-order valence-electron chi connectivity index (χ1n) is 9.53. The Labute approximate surface area is 154 Å². The van der Waals surface area contributed by atoms with E-state index < -0.39 is 12.2 Å². The van der Waals surface area contributed by atoms with Gasteiger partial charge >= 0.3 is 0 Å². The van der Waals surface area contributed by atoms with Crippen LogP contribution in [0.5, 0.6) is 0 Å². The average Bonchev–Trinajstić information content (AvgIpc) is 2.60. The monoisotopic (exact) mass is 344 g/mol. The number of hydrogen-bond donors (Lipinski definition) is 2. The number of rotatable bonds is 14. The van der Waals surface area contributed by atoms with Crippen LogP contribution < -0.4 is 0 Å². The van der Waals surface area contributed by atoms with E-state index in [2.05, 4.69) is 32.1 Å². The van der Waals surface area contributed by atoms with Crippen LogP contribution in [-0.2, 0) is 0 Å². The molecular formula is C23H36O2. The van der Waals surface area contributed by atoms with Crippen molar-refractivity contribution in [1.82, 2.24) is 0 Å². The van der Waals surface area contributed by atoms with Crippen molar-refractivity contribution in [2.24, 2.45) is 0 Å². The van der Waals surface area contributed by atoms with Gasteiger partial charge in [0.15, 0.2) is 0 Å². The van der Waals surface area contributed by atoms with Gasteiger partial charge in [0, 0.05) is 0 Å². The summed E-state index contributed by atoms with van der Waals surface area (Å²) in [5, 5.41) is 19.5. The molecule has 0 heterocycles. The molecule has 2 unspecified atom stereocenters. The Morgan fingerprint density at radius 3 is 1.80 bits per heavy atom. The topological polar surface area (TPSA) is 40.5 Å². The largest absolute Gasteiger partial charge is 0.389 e. The number of aliphatic hydroxyl groups excluding tert-OH is 2. The number of allylic oxidation sites excluding steroid dienone is 8. The second-order valence-electron chi connectivity index (χ2n) is 5.96. The smallest absolute Gasteiger partial charge is 0.0758 e. The molecule has 140 valence electrons. The van der Waals surface area contributed by atoms with E-state index in [1.165, 1.54) is 12.8 Å². The highest BCUT2D eigenvalue weighted by molar-refractivity contribution is 5.13. The van der Waals surface area contributed by atoms with Crippen molar-refractivity contribution in [3.05, 3.63) is 72.9 Å². The normalized spacial score (nSPS) is 15.8. The molecular weight excluding hydrogens is 308 g/mol. The first-order valence-corrected chi connectivity index (χ1v) is 9.53. The van der Waals surface area contributed by atoms with Gasteiger partial charge in [0.2, 0.25) is 0 Å². The Morgan fingerprint density at radius 2 is 1.24 bits per heavy atom. The zero-order chi connectivity index (χ0) is 18.6. The molecule has 0 aromatic carbocycles. The van der Waals surface area contributed by atoms with Gasteiger partial charge in [-0.2, -0.15) is 0 Å². The molecule has 25 heavy (non-hydrogen) atoms. The molecule has 2 atom stereocenters. The minimum absolute atomic E-state index is 0.442. The first kappa shape index (κ1) is 23.4. The van der Waals surface area contributed by atoms with Gasteiger partial charge in [-0.15, -0.1) is 0 Å². The van der Waals surface area contributed by atoms with Gasteiger partial charge in [-0.3, -0.25) is 0 Å². The maximum atomic E-state index is 9.83. The maximum Gasteiger partial charge on any atom is 0.0758 e. The molecule has 0 spiro atoms. The van der Waals surface area contributed by atoms with Crippen molar-refractivity contribution in [3.8, 4) is 0 Å². The van der Waals surface area contributed by atoms with E-state index in [4.69, 9.17) is 0 Å². The van der Waals surface area contributed by atoms with Gasteiger partial charge in [0.1, 0.15) is 0 Å². The van der Waals surface area contributed by atoms with Crippen molar-refractivity contribution in [3.63, 3.8) is 0 Å². The highest BCUT2D eigenvalue weighted by atomic mass is 16.3. The highest BCUT2D eigenvalue weighted by Crippen LogP contribution is 2.00. The van der Waals surface area contributed by atoms with Crippen LogP contribution >= 0.6 is 0 Å². The highest BCUT2D eigenvalue weighted by Gasteiger charge is 1.93. The lowest BCUT2D eigenvalue weighted by Gasteiger charge is -1.99. The number of hydrogen-bond acceptors (Lipinski definition) is 2. The number of aliphatic hydroxyl groups is 2. The van der Waals surface area contributed by atoms with E-state index in [0.29, 0.717) is 12.8 Å². The van der Waals surface area contributed by atoms with Gasteiger partial charge < -0.3 is 10.2 Å². The minimum atomic E-state index is -0.460. The summed E-state index contributed by atoms with van der Waals surface area (Å²) in [7, 11) is 0. The minimum Gasteiger partial charge on any atom is -0.389 e. The van der Waals surface area contributed by atoms with Crippen LogP contribution in [0.15, 0.2) is 72.9 Å². The predicted octanol–water partition coefficient (Wildman–Crippen LogP) is 5.82. The van der Waals surface area contributed by atoms with Crippen LogP contribution in [0.3, 0.4) is 0 Å². The lowest BCUT2D eigenvalue weighted by Crippen LogP contribution is -1.98. The predicted molar refractivity (Wildman–Crippen MR) is 111 cm³/mol. The van der Waals surface area contributed by atoms with E-state index in [0.717, 1.165) is 19.3 Å². The van der Waals surface area contributed by atoms with Gasteiger partial charge in [0.25, 0.3) is 0 Å². The van der Waals surface area contributed by atoms with Crippen molar-refractivity contribution < 1.29 is 10.2 Å². The second-order valence-corrected chi connectivity index (χ2v) is 5.96. The van der Waals surface area contributed by atoms with Crippen molar-refractivity contribution >= 4 is 0 Å². The lowest BCUT2D eigenvalue weighted by molar-refractivity contribution is 0.226. The van der Waals surface area contributed by atoms with Crippen LogP contribution in [0.2, 0.25) is 0 Å². The molecule has 0 aliphatic rings. The zero-order valence-electron chi connectivity index (χ0n) is 15.9. The molecule has 0 radical (unpaired) electrons. The summed E-state index contributed by atoms with van der Waals surface area (Å²) in [6.45, 7) is 4.27. The molecule has 2 N–H and O–H groups in total. The maximum absolute atomic E-state index is 9.83. The van der Waals surface area contributed by atoms with E-state index in [1.807, 2.05) is 42.5 Å². The molecule has 0 saturated heterocycles. The van der Waals surface area contributed by atoms with Crippen LogP contribution in [0.25, 0.3) is 0 Å². The van der Waals surface area contributed by atoms with E-state index in [-0.39, 0.29) is 0 Å². The third kappa shape index (κ3) is 18.5. The fourth-order valence-electron chi connectivity index (χ4n) is 2.02. The average molecular weight is 345 g/mol. The fraction of sp³-hybridized carbons (Fsp3) is 0.478. The molecule has 0 rings (SSSR count). The summed E-state index contributed by atoms with van der Waals surface area (Å²) >= 11 is 0. The summed E-state index contributed by atoms with van der Waals surface area (Å²) in [6, 6.07) is 0. The van der Waals surface area contributed by atoms with Crippen LogP contribution in [0.1, 0.15) is 58.8 Å². The standard InChI is InChI=1S/C23H36O2/c1-3-5-7-8-9-10-11-15-19-23(25)21-17-13-12-16-20-22(24)18-14-6-4-2/h6,8-9,11-17,20-25H,3-5,7,10,18-19H2,1-2H3/b9-8-,13-12+,14-6-,15-11-,20-16-,21-17+. The van der Waals surface area contributed by atoms with Crippen LogP contribution in [0.4, 0.5) is 0 Å². The Bertz CT molecular complexity index is 453. The third-order valence-corrected chi connectivity index (χ3v) is 3.49. The third-order valence-electron chi connectivity index (χ3n) is 3.49. The summed E-state index contributed by atoms with van der Waals surface area (Å²) in [6.07, 6.45) is 29.4. The Hall–Kier alpha value is -1.64. The fourth-order valence-corrected chi connectivity index (χ4v) is 2.02. The molecule has 2 nitrogen and oxygen atoms in total. The van der Waals surface area contributed by atoms with Crippen molar-refractivity contribution in [2.75, 3.05) is 0 Å². The zero-order valence-corrected chi connectivity index (χ0v) is 15.9. The first-order chi connectivity index (χ1) is 12.2. The summed E-state index contributed by atoms with van der Waals surface area (Å²) < 4.78 is 0. The molecule has 0 aliphatic heterocycles. The molecule has 2 heteroatoms. The molecule has 0 fully saturated rings. The van der Waals surface area contributed by atoms with Gasteiger partial charge in [-0.05, 0) is 32.1 Å². The molecule has 0 aromatic rings. The summed E-state index contributed by atoms with van der Waals surface area (Å²) in [4.78, 5) is 0. The Kier molecular flexibility index (Phi) is 17.5. The molecule has 0 saturated carbocycles. The van der Waals surface area contributed by atoms with Crippen molar-refractivity contribution in [1.29, 1.82) is 0 Å². The van der Waals surface area contributed by atoms with Crippen molar-refractivity contribution in [2.45, 2.75) is 71.0 Å². The molecule has 0 aliphatic carbocycles. The van der Waals surface area contributed by atoms with Gasteiger partial charge in [0.05, 0.1) is 12.2 Å². The molecule has 0 amide bonds. The Morgan fingerprint density at radius 1 is 0.680 bits per heavy atom. The lowest BCUT2D eigenvalue weighted by atomic mass is 10.2. The van der Waals surface area contributed by atoms with Gasteiger partial charge in [-0.25, -0.2) is 0 Å². The van der Waals surface area contributed by atoms with E-state index in [1.54, 1.807) is 12.2 Å². The van der Waals surface area contributed by atoms with Gasteiger partial charge in [-0.1, -0.05) is 99.6 Å². The SMILES string of the molecule is CC/C=C\CC(O)\C=C/C=C/C=C/C(O)C/C=C\C/C=C\CCCC. The van der Waals surface area contributed by atoms with Crippen LogP contribution in [-0.4, -0.2) is 22.4 Å². The van der Waals surface area contributed by atoms with E-state index in [9.17, 15) is 10.2 Å². The summed E-state index contributed by atoms with van der Waals surface area (Å²) in [5.41, 5.74) is 0.